The second-order valence-corrected chi connectivity index (χ2v) is 10.1. The molecule has 1 aliphatic heterocycles. The molecule has 1 aromatic heterocycles. The highest BCUT2D eigenvalue weighted by Gasteiger charge is 2.48. The number of hydrogen-bond acceptors (Lipinski definition) is 5. The van der Waals surface area contributed by atoms with E-state index in [1.807, 2.05) is 0 Å². The molecule has 35 heavy (non-hydrogen) atoms. The Labute approximate surface area is 212 Å². The number of halogens is 2. The van der Waals surface area contributed by atoms with Gasteiger partial charge >= 0.3 is 6.09 Å². The van der Waals surface area contributed by atoms with Crippen LogP contribution in [0.2, 0.25) is 10.0 Å². The number of rotatable bonds is 4. The van der Waals surface area contributed by atoms with E-state index >= 15 is 0 Å². The van der Waals surface area contributed by atoms with Gasteiger partial charge in [0.1, 0.15) is 5.69 Å². The number of benzene rings is 1. The van der Waals surface area contributed by atoms with Gasteiger partial charge in [-0.25, -0.2) is 4.79 Å². The van der Waals surface area contributed by atoms with Crippen molar-refractivity contribution in [1.29, 1.82) is 0 Å². The predicted octanol–water partition coefficient (Wildman–Crippen LogP) is 4.89. The number of nitrogens with zero attached hydrogens (tertiary/aromatic N) is 1. The van der Waals surface area contributed by atoms with Crippen molar-refractivity contribution in [3.8, 4) is 11.5 Å². The van der Waals surface area contributed by atoms with Crippen LogP contribution >= 0.6 is 23.2 Å². The zero-order chi connectivity index (χ0) is 25.7. The van der Waals surface area contributed by atoms with Gasteiger partial charge in [-0.3, -0.25) is 9.59 Å². The zero-order valence-corrected chi connectivity index (χ0v) is 21.3. The Kier molecular flexibility index (Phi) is 6.68. The van der Waals surface area contributed by atoms with Gasteiger partial charge in [-0.1, -0.05) is 23.2 Å². The van der Waals surface area contributed by atoms with Gasteiger partial charge in [-0.15, -0.1) is 0 Å². The molecule has 3 N–H and O–H groups in total. The second-order valence-electron chi connectivity index (χ2n) is 9.27. The van der Waals surface area contributed by atoms with Gasteiger partial charge in [-0.05, 0) is 57.2 Å². The van der Waals surface area contributed by atoms with E-state index in [2.05, 4.69) is 10.3 Å². The molecular formula is C24H27Cl2N3O6. The number of pyridine rings is 1. The molecule has 1 aliphatic carbocycles. The third-order valence-corrected chi connectivity index (χ3v) is 7.39. The van der Waals surface area contributed by atoms with Crippen molar-refractivity contribution in [2.24, 2.45) is 5.92 Å². The van der Waals surface area contributed by atoms with Crippen molar-refractivity contribution >= 4 is 40.9 Å². The summed E-state index contributed by atoms with van der Waals surface area (Å²) in [4.78, 5) is 40.8. The third-order valence-electron chi connectivity index (χ3n) is 6.74. The molecule has 188 valence electrons. The van der Waals surface area contributed by atoms with E-state index < -0.39 is 17.8 Å². The Bertz CT molecular complexity index is 1250. The van der Waals surface area contributed by atoms with Gasteiger partial charge in [0.25, 0.3) is 17.3 Å². The van der Waals surface area contributed by atoms with Gasteiger partial charge in [0.2, 0.25) is 0 Å². The van der Waals surface area contributed by atoms with Crippen LogP contribution in [0.5, 0.6) is 11.5 Å². The average molecular weight is 524 g/mol. The third kappa shape index (κ3) is 4.67. The van der Waals surface area contributed by atoms with Crippen LogP contribution in [0.25, 0.3) is 0 Å². The summed E-state index contributed by atoms with van der Waals surface area (Å²) in [6.45, 7) is 5.31. The smallest absolute Gasteiger partial charge is 0.404 e. The standard InChI is InChI=1S/C24H27Cl2N3O6/c1-11-9-12(2)27-21(30)18(11)29(4)22(31)15-10-16(25)19-20(17(15)26)35-24(3,34-19)13-5-7-14(8-6-13)28-23(32)33/h9-10,13-14,28H,5-8H2,1-4H3,(H,27,30)(H,32,33)/t13-,14-,24?. The SMILES string of the molecule is Cc1cc(C)c(N(C)C(=O)c2cc(Cl)c3c(c2Cl)OC(C)([C@H]2CC[C@H](NC(=O)O)CC2)O3)c(=O)[nH]1. The first-order valence-electron chi connectivity index (χ1n) is 11.3. The number of aromatic nitrogens is 1. The Morgan fingerprint density at radius 2 is 1.77 bits per heavy atom. The van der Waals surface area contributed by atoms with Crippen LogP contribution in [-0.4, -0.2) is 41.0 Å². The summed E-state index contributed by atoms with van der Waals surface area (Å²) in [5.41, 5.74) is 1.24. The molecule has 0 saturated heterocycles. The summed E-state index contributed by atoms with van der Waals surface area (Å²) < 4.78 is 12.3. The number of anilines is 1. The largest absolute Gasteiger partial charge is 0.465 e. The summed E-state index contributed by atoms with van der Waals surface area (Å²) in [7, 11) is 1.50. The van der Waals surface area contributed by atoms with E-state index in [1.165, 1.54) is 18.0 Å². The molecule has 4 rings (SSSR count). The minimum absolute atomic E-state index is 0.0375. The molecule has 9 nitrogen and oxygen atoms in total. The fourth-order valence-corrected chi connectivity index (χ4v) is 5.50. The fraction of sp³-hybridized carbons (Fsp3) is 0.458. The van der Waals surface area contributed by atoms with Crippen LogP contribution in [0.4, 0.5) is 10.5 Å². The maximum absolute atomic E-state index is 13.4. The lowest BCUT2D eigenvalue weighted by Gasteiger charge is -2.37. The van der Waals surface area contributed by atoms with Crippen molar-refractivity contribution < 1.29 is 24.2 Å². The van der Waals surface area contributed by atoms with Gasteiger partial charge in [0, 0.05) is 31.6 Å². The van der Waals surface area contributed by atoms with Crippen molar-refractivity contribution in [2.75, 3.05) is 11.9 Å². The lowest BCUT2D eigenvalue weighted by Crippen LogP contribution is -2.47. The molecule has 2 aliphatic rings. The lowest BCUT2D eigenvalue weighted by molar-refractivity contribution is -0.121. The number of carboxylic acid groups (broad SMARTS) is 1. The molecular weight excluding hydrogens is 497 g/mol. The molecule has 0 bridgehead atoms. The predicted molar refractivity (Wildman–Crippen MR) is 132 cm³/mol. The molecule has 2 amide bonds. The number of aromatic amines is 1. The Hall–Kier alpha value is -2.91. The highest BCUT2D eigenvalue weighted by Crippen LogP contribution is 2.53. The van der Waals surface area contributed by atoms with Crippen molar-refractivity contribution in [3.63, 3.8) is 0 Å². The van der Waals surface area contributed by atoms with Crippen LogP contribution in [0.1, 0.15) is 54.2 Å². The minimum atomic E-state index is -1.07. The minimum Gasteiger partial charge on any atom is -0.465 e. The average Bonchev–Trinajstić information content (AvgIpc) is 3.15. The number of ether oxygens (including phenoxy) is 2. The summed E-state index contributed by atoms with van der Waals surface area (Å²) in [6.07, 6.45) is 1.61. The summed E-state index contributed by atoms with van der Waals surface area (Å²) >= 11 is 13.1. The first-order chi connectivity index (χ1) is 16.4. The highest BCUT2D eigenvalue weighted by atomic mass is 35.5. The molecule has 1 atom stereocenters. The molecule has 11 heteroatoms. The second kappa shape index (κ2) is 9.28. The summed E-state index contributed by atoms with van der Waals surface area (Å²) in [5, 5.41) is 11.7. The Morgan fingerprint density at radius 3 is 2.37 bits per heavy atom. The normalized spacial score (nSPS) is 23.1. The first kappa shape index (κ1) is 25.2. The van der Waals surface area contributed by atoms with Gasteiger partial charge in [0.15, 0.2) is 11.5 Å². The summed E-state index contributed by atoms with van der Waals surface area (Å²) in [5.74, 6) is -1.19. The molecule has 1 unspecified atom stereocenters. The molecule has 1 saturated carbocycles. The van der Waals surface area contributed by atoms with Gasteiger partial charge in [-0.2, -0.15) is 0 Å². The number of fused-ring (bicyclic) bond motifs is 1. The molecule has 1 fully saturated rings. The van der Waals surface area contributed by atoms with Crippen LogP contribution in [-0.2, 0) is 0 Å². The number of nitrogens with one attached hydrogen (secondary N) is 2. The number of H-pyrrole nitrogens is 1. The molecule has 2 aromatic rings. The number of amides is 2. The van der Waals surface area contributed by atoms with E-state index in [1.54, 1.807) is 26.8 Å². The topological polar surface area (TPSA) is 121 Å². The molecule has 1 aromatic carbocycles. The highest BCUT2D eigenvalue weighted by molar-refractivity contribution is 6.39. The summed E-state index contributed by atoms with van der Waals surface area (Å²) in [6, 6.07) is 3.08. The van der Waals surface area contributed by atoms with Crippen LogP contribution in [0.15, 0.2) is 16.9 Å². The number of carbonyl (C=O) groups is 2. The zero-order valence-electron chi connectivity index (χ0n) is 19.8. The fourth-order valence-electron chi connectivity index (χ4n) is 5.00. The van der Waals surface area contributed by atoms with E-state index in [0.29, 0.717) is 36.9 Å². The van der Waals surface area contributed by atoms with E-state index in [0.717, 1.165) is 0 Å². The lowest BCUT2D eigenvalue weighted by atomic mass is 9.81. The number of carbonyl (C=O) groups excluding carboxylic acids is 1. The van der Waals surface area contributed by atoms with Crippen LogP contribution in [0, 0.1) is 19.8 Å². The number of aryl methyl sites for hydroxylation is 2. The number of hydrogen-bond donors (Lipinski definition) is 3. The maximum atomic E-state index is 13.4. The molecule has 2 heterocycles. The Balaban J connectivity index is 1.59. The van der Waals surface area contributed by atoms with Crippen molar-refractivity contribution in [2.45, 2.75) is 58.3 Å². The quantitative estimate of drug-likeness (QED) is 0.524. The Morgan fingerprint density at radius 1 is 1.14 bits per heavy atom. The van der Waals surface area contributed by atoms with E-state index in [-0.39, 0.29) is 50.3 Å². The monoisotopic (exact) mass is 523 g/mol. The van der Waals surface area contributed by atoms with Crippen LogP contribution < -0.4 is 25.2 Å². The van der Waals surface area contributed by atoms with Crippen molar-refractivity contribution in [3.05, 3.63) is 49.4 Å². The molecule has 0 radical (unpaired) electrons. The van der Waals surface area contributed by atoms with Crippen molar-refractivity contribution in [1.82, 2.24) is 10.3 Å². The maximum Gasteiger partial charge on any atom is 0.404 e. The molecule has 0 spiro atoms. The van der Waals surface area contributed by atoms with E-state index in [9.17, 15) is 14.4 Å². The van der Waals surface area contributed by atoms with Gasteiger partial charge < -0.3 is 29.8 Å². The van der Waals surface area contributed by atoms with E-state index in [4.69, 9.17) is 37.8 Å². The first-order valence-corrected chi connectivity index (χ1v) is 12.0. The van der Waals surface area contributed by atoms with Gasteiger partial charge in [0.05, 0.1) is 15.6 Å². The van der Waals surface area contributed by atoms with Crippen LogP contribution in [0.3, 0.4) is 0 Å².